The summed E-state index contributed by atoms with van der Waals surface area (Å²) in [6.07, 6.45) is 0. The molecule has 0 aliphatic rings. The summed E-state index contributed by atoms with van der Waals surface area (Å²) in [5.41, 5.74) is 2.12. The van der Waals surface area contributed by atoms with Crippen LogP contribution in [0.2, 0.25) is 5.35 Å². The van der Waals surface area contributed by atoms with Gasteiger partial charge in [0, 0.05) is 10.9 Å². The van der Waals surface area contributed by atoms with Gasteiger partial charge in [0.05, 0.1) is 0 Å². The van der Waals surface area contributed by atoms with Crippen LogP contribution in [0.3, 0.4) is 0 Å². The van der Waals surface area contributed by atoms with Crippen LogP contribution in [0.5, 0.6) is 0 Å². The van der Waals surface area contributed by atoms with Gasteiger partial charge in [0.2, 0.25) is 5.82 Å². The first-order valence-electron chi connectivity index (χ1n) is 3.30. The number of nitrogens with zero attached hydrogens (tertiary/aromatic N) is 2. The Bertz CT molecular complexity index is 396. The molecule has 62 valence electrons. The highest BCUT2D eigenvalue weighted by molar-refractivity contribution is 7.08. The minimum Gasteiger partial charge on any atom is -0.321 e. The van der Waals surface area contributed by atoms with E-state index < -0.39 is 0 Å². The summed E-state index contributed by atoms with van der Waals surface area (Å²) in [5.74, 6) is 0.554. The number of halogens is 1. The molecule has 0 bridgehead atoms. The van der Waals surface area contributed by atoms with Gasteiger partial charge in [0.1, 0.15) is 0 Å². The van der Waals surface area contributed by atoms with Crippen LogP contribution in [0.1, 0.15) is 5.56 Å². The normalized spacial score (nSPS) is 10.5. The summed E-state index contributed by atoms with van der Waals surface area (Å²) in [6.45, 7) is 2.00. The third-order valence-electron chi connectivity index (χ3n) is 1.50. The van der Waals surface area contributed by atoms with Gasteiger partial charge in [-0.1, -0.05) is 5.16 Å². The summed E-state index contributed by atoms with van der Waals surface area (Å²) in [6, 6.07) is 0. The minimum absolute atomic E-state index is 0.0793. The summed E-state index contributed by atoms with van der Waals surface area (Å²) < 4.78 is 4.65. The van der Waals surface area contributed by atoms with E-state index >= 15 is 0 Å². The average molecular weight is 201 g/mol. The molecule has 2 aromatic rings. The summed E-state index contributed by atoms with van der Waals surface area (Å²) in [7, 11) is 0. The highest BCUT2D eigenvalue weighted by atomic mass is 35.5. The first-order valence-corrected chi connectivity index (χ1v) is 4.62. The van der Waals surface area contributed by atoms with Crippen LogP contribution in [0.25, 0.3) is 11.4 Å². The van der Waals surface area contributed by atoms with Crippen LogP contribution < -0.4 is 0 Å². The molecule has 0 aliphatic heterocycles. The number of hydrogen-bond donors (Lipinski definition) is 0. The van der Waals surface area contributed by atoms with Crippen molar-refractivity contribution < 1.29 is 4.52 Å². The van der Waals surface area contributed by atoms with E-state index in [1.165, 1.54) is 0 Å². The third-order valence-corrected chi connectivity index (χ3v) is 2.51. The largest absolute Gasteiger partial charge is 0.321 e. The zero-order valence-corrected chi connectivity index (χ0v) is 7.82. The fourth-order valence-electron chi connectivity index (χ4n) is 0.904. The van der Waals surface area contributed by atoms with Crippen molar-refractivity contribution in [3.63, 3.8) is 0 Å². The zero-order valence-electron chi connectivity index (χ0n) is 6.24. The van der Waals surface area contributed by atoms with Gasteiger partial charge in [-0.15, -0.1) is 0 Å². The lowest BCUT2D eigenvalue weighted by Gasteiger charge is -1.87. The molecule has 0 amide bonds. The second kappa shape index (κ2) is 2.88. The van der Waals surface area contributed by atoms with E-state index in [2.05, 4.69) is 14.7 Å². The molecule has 2 heterocycles. The maximum atomic E-state index is 5.49. The number of hydrogen-bond acceptors (Lipinski definition) is 4. The minimum atomic E-state index is 0.0793. The fourth-order valence-corrected chi connectivity index (χ4v) is 1.85. The van der Waals surface area contributed by atoms with Crippen molar-refractivity contribution in [2.75, 3.05) is 0 Å². The van der Waals surface area contributed by atoms with Crippen LogP contribution >= 0.6 is 22.9 Å². The van der Waals surface area contributed by atoms with Gasteiger partial charge in [-0.3, -0.25) is 0 Å². The molecule has 3 nitrogen and oxygen atoms in total. The van der Waals surface area contributed by atoms with Gasteiger partial charge >= 0.3 is 5.35 Å². The van der Waals surface area contributed by atoms with Gasteiger partial charge in [-0.25, -0.2) is 0 Å². The van der Waals surface area contributed by atoms with Crippen molar-refractivity contribution in [2.24, 2.45) is 0 Å². The lowest BCUT2D eigenvalue weighted by molar-refractivity contribution is 0.421. The van der Waals surface area contributed by atoms with Gasteiger partial charge in [0.15, 0.2) is 0 Å². The van der Waals surface area contributed by atoms with Crippen LogP contribution in [0, 0.1) is 6.92 Å². The van der Waals surface area contributed by atoms with Gasteiger partial charge in [-0.05, 0) is 29.5 Å². The van der Waals surface area contributed by atoms with Crippen molar-refractivity contribution in [1.82, 2.24) is 10.1 Å². The first-order chi connectivity index (χ1) is 5.77. The number of thiophene rings is 1. The molecule has 0 aliphatic carbocycles. The Morgan fingerprint density at radius 2 is 2.33 bits per heavy atom. The van der Waals surface area contributed by atoms with Gasteiger partial charge < -0.3 is 4.52 Å². The Kier molecular flexibility index (Phi) is 1.86. The Morgan fingerprint density at radius 3 is 2.83 bits per heavy atom. The maximum absolute atomic E-state index is 5.49. The fraction of sp³-hybridized carbons (Fsp3) is 0.143. The number of aryl methyl sites for hydroxylation is 1. The van der Waals surface area contributed by atoms with E-state index in [-0.39, 0.29) is 5.35 Å². The van der Waals surface area contributed by atoms with E-state index in [0.717, 1.165) is 11.1 Å². The average Bonchev–Trinajstić information content (AvgIpc) is 2.58. The molecule has 0 saturated carbocycles. The molecular weight excluding hydrogens is 196 g/mol. The Labute approximate surface area is 78.0 Å². The van der Waals surface area contributed by atoms with Crippen LogP contribution in [0.15, 0.2) is 15.3 Å². The maximum Gasteiger partial charge on any atom is 0.320 e. The van der Waals surface area contributed by atoms with E-state index in [1.54, 1.807) is 11.3 Å². The number of aromatic nitrogens is 2. The lowest BCUT2D eigenvalue weighted by atomic mass is 10.2. The lowest BCUT2D eigenvalue weighted by Crippen LogP contribution is -1.78. The van der Waals surface area contributed by atoms with Crippen LogP contribution in [0.4, 0.5) is 0 Å². The molecule has 0 fully saturated rings. The van der Waals surface area contributed by atoms with Crippen molar-refractivity contribution in [1.29, 1.82) is 0 Å². The van der Waals surface area contributed by atoms with Crippen molar-refractivity contribution >= 4 is 22.9 Å². The van der Waals surface area contributed by atoms with E-state index in [1.807, 2.05) is 17.7 Å². The summed E-state index contributed by atoms with van der Waals surface area (Å²) >= 11 is 7.10. The monoisotopic (exact) mass is 200 g/mol. The molecule has 12 heavy (non-hydrogen) atoms. The predicted molar refractivity (Wildman–Crippen MR) is 47.4 cm³/mol. The molecular formula is C7H5ClN2OS. The van der Waals surface area contributed by atoms with Crippen LogP contribution in [-0.2, 0) is 0 Å². The second-order valence-electron chi connectivity index (χ2n) is 2.34. The molecule has 0 saturated heterocycles. The highest BCUT2D eigenvalue weighted by Crippen LogP contribution is 2.24. The highest BCUT2D eigenvalue weighted by Gasteiger charge is 2.09. The molecule has 2 rings (SSSR count). The second-order valence-corrected chi connectivity index (χ2v) is 3.41. The molecule has 2 aromatic heterocycles. The molecule has 0 unspecified atom stereocenters. The zero-order chi connectivity index (χ0) is 8.55. The smallest absolute Gasteiger partial charge is 0.320 e. The third kappa shape index (κ3) is 1.23. The molecule has 0 aromatic carbocycles. The molecule has 0 radical (unpaired) electrons. The van der Waals surface area contributed by atoms with Gasteiger partial charge in [0.25, 0.3) is 0 Å². The molecule has 0 N–H and O–H groups in total. The predicted octanol–water partition coefficient (Wildman–Crippen LogP) is 2.76. The standard InChI is InChI=1S/C7H5ClN2OS/c1-4-2-12-3-5(4)6-9-7(8)11-10-6/h2-3H,1H3. The van der Waals surface area contributed by atoms with E-state index in [0.29, 0.717) is 5.82 Å². The topological polar surface area (TPSA) is 38.9 Å². The summed E-state index contributed by atoms with van der Waals surface area (Å²) in [4.78, 5) is 3.91. The quantitative estimate of drug-likeness (QED) is 0.711. The van der Waals surface area contributed by atoms with Gasteiger partial charge in [-0.2, -0.15) is 16.3 Å². The molecule has 0 atom stereocenters. The van der Waals surface area contributed by atoms with Crippen molar-refractivity contribution in [3.8, 4) is 11.4 Å². The van der Waals surface area contributed by atoms with Crippen molar-refractivity contribution in [2.45, 2.75) is 6.92 Å². The molecule has 5 heteroatoms. The van der Waals surface area contributed by atoms with Crippen molar-refractivity contribution in [3.05, 3.63) is 21.7 Å². The van der Waals surface area contributed by atoms with E-state index in [4.69, 9.17) is 11.6 Å². The number of rotatable bonds is 1. The first kappa shape index (κ1) is 7.76. The van der Waals surface area contributed by atoms with Crippen LogP contribution in [-0.4, -0.2) is 10.1 Å². The van der Waals surface area contributed by atoms with E-state index in [9.17, 15) is 0 Å². The molecule has 0 spiro atoms. The Morgan fingerprint density at radius 1 is 1.50 bits per heavy atom. The SMILES string of the molecule is Cc1cscc1-c1noc(Cl)n1. The Hall–Kier alpha value is -0.870. The summed E-state index contributed by atoms with van der Waals surface area (Å²) in [5, 5.41) is 7.78. The Balaban J connectivity index is 2.50.